The quantitative estimate of drug-likeness (QED) is 0.668. The molecule has 0 aromatic rings. The van der Waals surface area contributed by atoms with Crippen LogP contribution in [0.4, 0.5) is 0 Å². The van der Waals surface area contributed by atoms with E-state index in [9.17, 15) is 19.8 Å². The summed E-state index contributed by atoms with van der Waals surface area (Å²) < 4.78 is 5.09. The number of rotatable bonds is 5. The Morgan fingerprint density at radius 2 is 1.89 bits per heavy atom. The van der Waals surface area contributed by atoms with E-state index in [1.807, 2.05) is 0 Å². The molecule has 6 nitrogen and oxygen atoms in total. The molecule has 1 aliphatic carbocycles. The number of nitrogens with one attached hydrogen (secondary N) is 1. The Balaban J connectivity index is 1.85. The molecule has 1 amide bonds. The molecule has 2 aliphatic rings. The molecule has 0 bridgehead atoms. The van der Waals surface area contributed by atoms with Gasteiger partial charge in [-0.2, -0.15) is 0 Å². The number of aliphatic carboxylic acids is 1. The van der Waals surface area contributed by atoms with Crippen molar-refractivity contribution in [3.8, 4) is 0 Å². The maximum absolute atomic E-state index is 11.9. The van der Waals surface area contributed by atoms with Crippen molar-refractivity contribution >= 4 is 11.9 Å². The zero-order valence-corrected chi connectivity index (χ0v) is 11.0. The summed E-state index contributed by atoms with van der Waals surface area (Å²) in [6, 6.07) is 0. The number of ether oxygens (including phenoxy) is 1. The van der Waals surface area contributed by atoms with Crippen LogP contribution < -0.4 is 5.32 Å². The molecule has 1 heterocycles. The van der Waals surface area contributed by atoms with E-state index in [0.717, 1.165) is 12.8 Å². The van der Waals surface area contributed by atoms with Crippen LogP contribution in [0, 0.1) is 5.41 Å². The second-order valence-corrected chi connectivity index (χ2v) is 5.77. The van der Waals surface area contributed by atoms with E-state index in [1.54, 1.807) is 0 Å². The van der Waals surface area contributed by atoms with Crippen LogP contribution in [0.3, 0.4) is 0 Å². The molecular formula is C13H21NO5. The van der Waals surface area contributed by atoms with E-state index in [-0.39, 0.29) is 25.5 Å². The third-order valence-corrected chi connectivity index (χ3v) is 4.21. The minimum absolute atomic E-state index is 0.000724. The van der Waals surface area contributed by atoms with Crippen LogP contribution in [0.25, 0.3) is 0 Å². The van der Waals surface area contributed by atoms with Gasteiger partial charge in [0.2, 0.25) is 5.91 Å². The number of carbonyl (C=O) groups excluding carboxylic acids is 1. The first-order chi connectivity index (χ1) is 8.96. The number of carboxylic acid groups (broad SMARTS) is 1. The predicted octanol–water partition coefficient (Wildman–Crippen LogP) is 0.289. The molecule has 1 unspecified atom stereocenters. The number of amides is 1. The lowest BCUT2D eigenvalue weighted by atomic mass is 9.82. The monoisotopic (exact) mass is 271 g/mol. The summed E-state index contributed by atoms with van der Waals surface area (Å²) in [5, 5.41) is 22.0. The highest BCUT2D eigenvalue weighted by Crippen LogP contribution is 2.41. The van der Waals surface area contributed by atoms with Gasteiger partial charge < -0.3 is 20.3 Å². The van der Waals surface area contributed by atoms with E-state index in [1.165, 1.54) is 0 Å². The minimum atomic E-state index is -0.998. The first-order valence-corrected chi connectivity index (χ1v) is 6.76. The molecule has 0 aromatic heterocycles. The summed E-state index contributed by atoms with van der Waals surface area (Å²) >= 11 is 0. The van der Waals surface area contributed by atoms with Gasteiger partial charge in [0.1, 0.15) is 5.60 Å². The first kappa shape index (κ1) is 14.3. The molecule has 6 heteroatoms. The van der Waals surface area contributed by atoms with Crippen LogP contribution >= 0.6 is 0 Å². The third-order valence-electron chi connectivity index (χ3n) is 4.21. The third kappa shape index (κ3) is 3.25. The normalized spacial score (nSPS) is 29.3. The highest BCUT2D eigenvalue weighted by Gasteiger charge is 2.43. The van der Waals surface area contributed by atoms with Gasteiger partial charge in [0.25, 0.3) is 0 Å². The molecule has 108 valence electrons. The zero-order chi connectivity index (χ0) is 13.9. The first-order valence-electron chi connectivity index (χ1n) is 6.76. The zero-order valence-electron chi connectivity index (χ0n) is 11.0. The molecule has 1 atom stereocenters. The van der Waals surface area contributed by atoms with E-state index >= 15 is 0 Å². The summed E-state index contributed by atoms with van der Waals surface area (Å²) in [5.74, 6) is -1.19. The topological polar surface area (TPSA) is 95.9 Å². The Labute approximate surface area is 112 Å². The van der Waals surface area contributed by atoms with Gasteiger partial charge in [-0.15, -0.1) is 0 Å². The Morgan fingerprint density at radius 3 is 2.42 bits per heavy atom. The Morgan fingerprint density at radius 1 is 1.21 bits per heavy atom. The number of aliphatic hydroxyl groups is 1. The highest BCUT2D eigenvalue weighted by atomic mass is 16.5. The molecule has 1 saturated heterocycles. The van der Waals surface area contributed by atoms with Gasteiger partial charge in [-0.1, -0.05) is 12.8 Å². The van der Waals surface area contributed by atoms with Gasteiger partial charge in [-0.05, 0) is 12.8 Å². The summed E-state index contributed by atoms with van der Waals surface area (Å²) in [6.45, 7) is 0.838. The van der Waals surface area contributed by atoms with Crippen molar-refractivity contribution in [2.24, 2.45) is 5.41 Å². The fourth-order valence-electron chi connectivity index (χ4n) is 2.89. The van der Waals surface area contributed by atoms with Crippen molar-refractivity contribution in [1.82, 2.24) is 5.32 Å². The standard InChI is InChI=1S/C13H21NO5/c15-10(14-8-13(18)5-6-19-9-13)7-12(11(16)17)3-1-2-4-12/h18H,1-9H2,(H,14,15)(H,16,17). The van der Waals surface area contributed by atoms with Crippen LogP contribution in [-0.2, 0) is 14.3 Å². The van der Waals surface area contributed by atoms with Crippen LogP contribution in [0.15, 0.2) is 0 Å². The molecule has 1 aliphatic heterocycles. The van der Waals surface area contributed by atoms with Crippen molar-refractivity contribution < 1.29 is 24.5 Å². The summed E-state index contributed by atoms with van der Waals surface area (Å²) in [6.07, 6.45) is 3.33. The number of carboxylic acids is 1. The van der Waals surface area contributed by atoms with Crippen molar-refractivity contribution in [2.75, 3.05) is 19.8 Å². The largest absolute Gasteiger partial charge is 0.481 e. The van der Waals surface area contributed by atoms with Gasteiger partial charge in [0.05, 0.1) is 12.0 Å². The van der Waals surface area contributed by atoms with Gasteiger partial charge in [0, 0.05) is 26.0 Å². The molecule has 1 saturated carbocycles. The molecular weight excluding hydrogens is 250 g/mol. The summed E-state index contributed by atoms with van der Waals surface area (Å²) in [7, 11) is 0. The van der Waals surface area contributed by atoms with Crippen molar-refractivity contribution in [1.29, 1.82) is 0 Å². The smallest absolute Gasteiger partial charge is 0.310 e. The van der Waals surface area contributed by atoms with Crippen LogP contribution in [0.1, 0.15) is 38.5 Å². The second kappa shape index (κ2) is 5.46. The average Bonchev–Trinajstić information content (AvgIpc) is 2.98. The van der Waals surface area contributed by atoms with E-state index in [0.29, 0.717) is 25.9 Å². The highest BCUT2D eigenvalue weighted by molar-refractivity contribution is 5.85. The fraction of sp³-hybridized carbons (Fsp3) is 0.846. The fourth-order valence-corrected chi connectivity index (χ4v) is 2.89. The van der Waals surface area contributed by atoms with E-state index in [2.05, 4.69) is 5.32 Å². The SMILES string of the molecule is O=C(CC1(C(=O)O)CCCC1)NCC1(O)CCOC1. The summed E-state index contributed by atoms with van der Waals surface area (Å²) in [4.78, 5) is 23.2. The lowest BCUT2D eigenvalue weighted by Gasteiger charge is -2.25. The van der Waals surface area contributed by atoms with Gasteiger partial charge >= 0.3 is 5.97 Å². The molecule has 0 aromatic carbocycles. The van der Waals surface area contributed by atoms with Crippen molar-refractivity contribution in [3.05, 3.63) is 0 Å². The lowest BCUT2D eigenvalue weighted by Crippen LogP contribution is -2.45. The van der Waals surface area contributed by atoms with Gasteiger partial charge in [-0.3, -0.25) is 9.59 Å². The van der Waals surface area contributed by atoms with Gasteiger partial charge in [0.15, 0.2) is 0 Å². The predicted molar refractivity (Wildman–Crippen MR) is 66.5 cm³/mol. The average molecular weight is 271 g/mol. The Bertz CT molecular complexity index is 356. The lowest BCUT2D eigenvalue weighted by molar-refractivity contribution is -0.151. The molecule has 0 spiro atoms. The van der Waals surface area contributed by atoms with E-state index < -0.39 is 17.0 Å². The molecule has 2 rings (SSSR count). The Kier molecular flexibility index (Phi) is 4.10. The van der Waals surface area contributed by atoms with Crippen LogP contribution in [-0.4, -0.2) is 47.4 Å². The van der Waals surface area contributed by atoms with Crippen molar-refractivity contribution in [2.45, 2.75) is 44.1 Å². The number of carbonyl (C=O) groups is 2. The Hall–Kier alpha value is -1.14. The van der Waals surface area contributed by atoms with Crippen LogP contribution in [0.2, 0.25) is 0 Å². The molecule has 2 fully saturated rings. The maximum atomic E-state index is 11.9. The number of hydrogen-bond donors (Lipinski definition) is 3. The number of hydrogen-bond acceptors (Lipinski definition) is 4. The second-order valence-electron chi connectivity index (χ2n) is 5.77. The molecule has 0 radical (unpaired) electrons. The maximum Gasteiger partial charge on any atom is 0.310 e. The van der Waals surface area contributed by atoms with E-state index in [4.69, 9.17) is 4.74 Å². The molecule has 3 N–H and O–H groups in total. The van der Waals surface area contributed by atoms with Crippen molar-refractivity contribution in [3.63, 3.8) is 0 Å². The summed E-state index contributed by atoms with van der Waals surface area (Å²) in [5.41, 5.74) is -1.90. The van der Waals surface area contributed by atoms with Crippen LogP contribution in [0.5, 0.6) is 0 Å². The van der Waals surface area contributed by atoms with Gasteiger partial charge in [-0.25, -0.2) is 0 Å². The minimum Gasteiger partial charge on any atom is -0.481 e. The molecule has 19 heavy (non-hydrogen) atoms.